The summed E-state index contributed by atoms with van der Waals surface area (Å²) in [6, 6.07) is 3.81. The minimum atomic E-state index is -3.04. The van der Waals surface area contributed by atoms with Gasteiger partial charge in [0.2, 0.25) is 5.91 Å². The lowest BCUT2D eigenvalue weighted by Gasteiger charge is -2.18. The average molecular weight is 613 g/mol. The van der Waals surface area contributed by atoms with Gasteiger partial charge in [0.15, 0.2) is 17.3 Å². The summed E-state index contributed by atoms with van der Waals surface area (Å²) in [5.74, 6) is -0.706. The number of aliphatic hydroxyl groups is 1. The first kappa shape index (κ1) is 28.7. The highest BCUT2D eigenvalue weighted by atomic mass is 35.5. The lowest BCUT2D eigenvalue weighted by molar-refractivity contribution is -0.118. The quantitative estimate of drug-likeness (QED) is 0.296. The van der Waals surface area contributed by atoms with Crippen LogP contribution >= 0.6 is 11.6 Å². The molecule has 1 saturated carbocycles. The second-order valence-corrected chi connectivity index (χ2v) is 11.0. The van der Waals surface area contributed by atoms with Crippen LogP contribution in [0, 0.1) is 24.6 Å². The Bertz CT molecular complexity index is 1770. The molecule has 1 aliphatic carbocycles. The first-order valence-corrected chi connectivity index (χ1v) is 13.7. The molecule has 2 N–H and O–H groups in total. The van der Waals surface area contributed by atoms with Gasteiger partial charge in [-0.15, -0.1) is 5.10 Å². The van der Waals surface area contributed by atoms with Crippen molar-refractivity contribution in [1.82, 2.24) is 29.9 Å². The van der Waals surface area contributed by atoms with E-state index in [1.165, 1.54) is 17.8 Å². The highest BCUT2D eigenvalue weighted by Gasteiger charge is 2.53. The molecule has 0 spiro atoms. The molecule has 4 heterocycles. The van der Waals surface area contributed by atoms with E-state index in [0.717, 1.165) is 30.3 Å². The number of hydrogen-bond donors (Lipinski definition) is 2. The molecule has 1 unspecified atom stereocenters. The van der Waals surface area contributed by atoms with Crippen LogP contribution in [0.2, 0.25) is 5.02 Å². The van der Waals surface area contributed by atoms with Crippen molar-refractivity contribution >= 4 is 34.9 Å². The number of carbonyl (C=O) groups is 2. The number of hydrogen-bond acceptors (Lipinski definition) is 8. The number of amides is 2. The van der Waals surface area contributed by atoms with E-state index in [2.05, 4.69) is 30.6 Å². The third kappa shape index (κ3) is 5.43. The maximum atomic E-state index is 14.8. The van der Waals surface area contributed by atoms with Gasteiger partial charge in [0.25, 0.3) is 12.3 Å². The van der Waals surface area contributed by atoms with E-state index in [0.29, 0.717) is 24.0 Å². The Balaban J connectivity index is 1.18. The summed E-state index contributed by atoms with van der Waals surface area (Å²) in [6.45, 7) is 4.06. The predicted octanol–water partition coefficient (Wildman–Crippen LogP) is 4.51. The van der Waals surface area contributed by atoms with Crippen molar-refractivity contribution < 1.29 is 27.9 Å². The van der Waals surface area contributed by atoms with Gasteiger partial charge in [0, 0.05) is 29.8 Å². The van der Waals surface area contributed by atoms with Gasteiger partial charge in [-0.2, -0.15) is 10.2 Å². The fourth-order valence-corrected chi connectivity index (χ4v) is 5.37. The Morgan fingerprint density at radius 1 is 1.26 bits per heavy atom. The van der Waals surface area contributed by atoms with Crippen molar-refractivity contribution in [2.75, 3.05) is 16.8 Å². The van der Waals surface area contributed by atoms with Crippen LogP contribution in [0.3, 0.4) is 0 Å². The van der Waals surface area contributed by atoms with E-state index in [4.69, 9.17) is 11.6 Å². The molecule has 0 radical (unpaired) electrons. The summed E-state index contributed by atoms with van der Waals surface area (Å²) in [5, 5.41) is 25.3. The SMILES string of the molecule is Cc1cc(Cn2cc(NC(=O)c3ncc(-c4c(C(F)F)ccc(Cl)c4F)nc3C(C)O)cn2)nnc1N1C[C@H]2C[C@H]2C1=O. The maximum Gasteiger partial charge on any atom is 0.276 e. The Labute approximate surface area is 247 Å². The number of aliphatic hydroxyl groups excluding tert-OH is 1. The first-order chi connectivity index (χ1) is 20.5. The van der Waals surface area contributed by atoms with E-state index >= 15 is 0 Å². The zero-order chi connectivity index (χ0) is 30.6. The molecule has 2 fully saturated rings. The number of piperidine rings is 1. The molecule has 6 rings (SSSR count). The molecule has 43 heavy (non-hydrogen) atoms. The molecule has 4 aromatic rings. The highest BCUT2D eigenvalue weighted by molar-refractivity contribution is 6.31. The topological polar surface area (TPSA) is 139 Å². The average Bonchev–Trinajstić information content (AvgIpc) is 3.49. The van der Waals surface area contributed by atoms with Gasteiger partial charge >= 0.3 is 0 Å². The van der Waals surface area contributed by atoms with Crippen LogP contribution < -0.4 is 10.2 Å². The summed E-state index contributed by atoms with van der Waals surface area (Å²) in [7, 11) is 0. The minimum Gasteiger partial charge on any atom is -0.387 e. The summed E-state index contributed by atoms with van der Waals surface area (Å²) in [4.78, 5) is 35.3. The zero-order valence-electron chi connectivity index (χ0n) is 22.8. The number of aryl methyl sites for hydroxylation is 1. The molecule has 1 saturated heterocycles. The number of nitrogens with zero attached hydrogens (tertiary/aromatic N) is 7. The first-order valence-electron chi connectivity index (χ1n) is 13.3. The van der Waals surface area contributed by atoms with Crippen molar-refractivity contribution in [3.8, 4) is 11.3 Å². The summed E-state index contributed by atoms with van der Waals surface area (Å²) >= 11 is 5.81. The summed E-state index contributed by atoms with van der Waals surface area (Å²) in [5.41, 5.74) is -0.395. The third-order valence-electron chi connectivity index (χ3n) is 7.43. The molecule has 0 bridgehead atoms. The van der Waals surface area contributed by atoms with Gasteiger partial charge in [0.1, 0.15) is 5.69 Å². The Morgan fingerprint density at radius 2 is 2.05 bits per heavy atom. The van der Waals surface area contributed by atoms with Gasteiger partial charge in [-0.1, -0.05) is 17.7 Å². The molecule has 2 aliphatic rings. The molecule has 3 aromatic heterocycles. The van der Waals surface area contributed by atoms with Crippen LogP contribution in [0.5, 0.6) is 0 Å². The monoisotopic (exact) mass is 612 g/mol. The Hall–Kier alpha value is -4.43. The summed E-state index contributed by atoms with van der Waals surface area (Å²) < 4.78 is 43.5. The number of aromatic nitrogens is 6. The van der Waals surface area contributed by atoms with Gasteiger partial charge in [-0.25, -0.2) is 23.1 Å². The number of halogens is 4. The van der Waals surface area contributed by atoms with Crippen molar-refractivity contribution in [3.63, 3.8) is 0 Å². The van der Waals surface area contributed by atoms with Crippen LogP contribution in [-0.2, 0) is 11.3 Å². The highest BCUT2D eigenvalue weighted by Crippen LogP contribution is 2.47. The number of nitrogens with one attached hydrogen (secondary N) is 1. The standard InChI is InChI=1S/C28H24ClF3N8O3/c1-12-5-15(37-38-26(12)40-9-14-6-18(14)28(40)43)10-39-11-16(7-34-39)35-27(42)24-23(13(2)41)36-20(8-33-24)21-17(25(31)32)3-4-19(29)22(21)30/h3-5,7-8,11,13-14,18,25,41H,6,9-10H2,1-2H3,(H,35,42)/t13?,14-,18-/m1/s1. The molecule has 222 valence electrons. The molecule has 1 aromatic carbocycles. The molecule has 1 aliphatic heterocycles. The number of rotatable bonds is 8. The molecular weight excluding hydrogens is 589 g/mol. The number of carbonyl (C=O) groups excluding carboxylic acids is 2. The van der Waals surface area contributed by atoms with Crippen LogP contribution in [0.4, 0.5) is 24.7 Å². The fourth-order valence-electron chi connectivity index (χ4n) is 5.21. The minimum absolute atomic E-state index is 0.0928. The van der Waals surface area contributed by atoms with Crippen LogP contribution in [-0.4, -0.2) is 53.4 Å². The van der Waals surface area contributed by atoms with Crippen LogP contribution in [0.1, 0.15) is 58.9 Å². The number of benzene rings is 1. The van der Waals surface area contributed by atoms with Crippen molar-refractivity contribution in [3.05, 3.63) is 75.8 Å². The van der Waals surface area contributed by atoms with Crippen molar-refractivity contribution in [2.24, 2.45) is 11.8 Å². The summed E-state index contributed by atoms with van der Waals surface area (Å²) in [6.07, 6.45) is 0.461. The number of anilines is 2. The van der Waals surface area contributed by atoms with Crippen LogP contribution in [0.25, 0.3) is 11.3 Å². The van der Waals surface area contributed by atoms with E-state index in [1.807, 2.05) is 13.0 Å². The van der Waals surface area contributed by atoms with Crippen molar-refractivity contribution in [1.29, 1.82) is 0 Å². The van der Waals surface area contributed by atoms with E-state index in [-0.39, 0.29) is 41.1 Å². The van der Waals surface area contributed by atoms with E-state index in [9.17, 15) is 27.9 Å². The van der Waals surface area contributed by atoms with Crippen LogP contribution in [0.15, 0.2) is 36.8 Å². The smallest absolute Gasteiger partial charge is 0.276 e. The normalized spacial score (nSPS) is 18.2. The number of fused-ring (bicyclic) bond motifs is 1. The lowest BCUT2D eigenvalue weighted by atomic mass is 10.0. The maximum absolute atomic E-state index is 14.8. The van der Waals surface area contributed by atoms with Gasteiger partial charge in [0.05, 0.1) is 47.1 Å². The predicted molar refractivity (Wildman–Crippen MR) is 148 cm³/mol. The second kappa shape index (κ2) is 11.0. The molecule has 3 atom stereocenters. The number of alkyl halides is 2. The zero-order valence-corrected chi connectivity index (χ0v) is 23.6. The second-order valence-electron chi connectivity index (χ2n) is 10.6. The molecular formula is C28H24ClF3N8O3. The van der Waals surface area contributed by atoms with Crippen molar-refractivity contribution in [2.45, 2.75) is 39.3 Å². The lowest BCUT2D eigenvalue weighted by Crippen LogP contribution is -2.30. The van der Waals surface area contributed by atoms with E-state index < -0.39 is 40.4 Å². The Kier molecular flexibility index (Phi) is 7.34. The third-order valence-corrected chi connectivity index (χ3v) is 7.72. The van der Waals surface area contributed by atoms with Gasteiger partial charge in [-0.05, 0) is 43.9 Å². The fraction of sp³-hybridized carbons (Fsp3) is 0.321. The molecule has 11 nitrogen and oxygen atoms in total. The van der Waals surface area contributed by atoms with Gasteiger partial charge < -0.3 is 10.4 Å². The largest absolute Gasteiger partial charge is 0.387 e. The molecule has 15 heteroatoms. The van der Waals surface area contributed by atoms with Gasteiger partial charge in [-0.3, -0.25) is 19.2 Å². The Morgan fingerprint density at radius 3 is 2.72 bits per heavy atom. The van der Waals surface area contributed by atoms with E-state index in [1.54, 1.807) is 11.1 Å². The molecule has 2 amide bonds.